The van der Waals surface area contributed by atoms with Crippen molar-refractivity contribution in [3.63, 3.8) is 0 Å². The highest BCUT2D eigenvalue weighted by atomic mass is 16.3. The molecule has 266 valence electrons. The van der Waals surface area contributed by atoms with Gasteiger partial charge in [0.25, 0.3) is 0 Å². The molecule has 0 saturated carbocycles. The average molecular weight is 721 g/mol. The van der Waals surface area contributed by atoms with Crippen molar-refractivity contribution in [1.29, 1.82) is 0 Å². The van der Waals surface area contributed by atoms with Crippen LogP contribution in [-0.4, -0.2) is 0 Å². The Bertz CT molecular complexity index is 3340. The predicted octanol–water partition coefficient (Wildman–Crippen LogP) is 14.3. The molecule has 56 heavy (non-hydrogen) atoms. The Hall–Kier alpha value is -7.30. The summed E-state index contributed by atoms with van der Waals surface area (Å²) in [6, 6.07) is 64.4. The largest absolute Gasteiger partial charge is 0.454 e. The van der Waals surface area contributed by atoms with Crippen LogP contribution in [0.2, 0.25) is 0 Å². The standard InChI is InChI=1S/C52H36N2O2/c1-33-27-30-43-44(54(37-17-7-4-8-18-37)46-24-14-22-42-40-20-10-12-26-48(40)56-52(42)46)32-29-35-28-31-38(49(33)50(35)43)34(2)53(36-15-5-3-6-16-36)45-23-13-21-41-39-19-9-11-25-47(39)55-51(41)45/h3-32H,1-2H3/b38-34+. The molecule has 0 aliphatic heterocycles. The lowest BCUT2D eigenvalue weighted by Gasteiger charge is -2.28. The first kappa shape index (κ1) is 32.2. The van der Waals surface area contributed by atoms with Crippen molar-refractivity contribution in [2.24, 2.45) is 0 Å². The van der Waals surface area contributed by atoms with Gasteiger partial charge in [-0.25, -0.2) is 0 Å². The normalized spacial score (nSPS) is 12.4. The molecule has 0 bridgehead atoms. The number of benzene rings is 9. The molecular formula is C52H36N2O2. The van der Waals surface area contributed by atoms with Gasteiger partial charge in [-0.3, -0.25) is 0 Å². The quantitative estimate of drug-likeness (QED) is 0.171. The Morgan fingerprint density at radius 3 is 1.64 bits per heavy atom. The lowest BCUT2D eigenvalue weighted by molar-refractivity contribution is 0.668. The zero-order valence-electron chi connectivity index (χ0n) is 31.0. The molecule has 0 aliphatic rings. The maximum atomic E-state index is 6.65. The minimum Gasteiger partial charge on any atom is -0.454 e. The van der Waals surface area contributed by atoms with Crippen LogP contribution in [0.3, 0.4) is 0 Å². The van der Waals surface area contributed by atoms with Gasteiger partial charge in [0, 0.05) is 49.2 Å². The molecule has 0 atom stereocenters. The lowest BCUT2D eigenvalue weighted by Crippen LogP contribution is -2.22. The van der Waals surface area contributed by atoms with Crippen LogP contribution in [0.4, 0.5) is 28.4 Å². The fourth-order valence-electron chi connectivity index (χ4n) is 8.81. The van der Waals surface area contributed by atoms with E-state index in [1.54, 1.807) is 0 Å². The number of rotatable bonds is 6. The lowest BCUT2D eigenvalue weighted by atomic mass is 9.93. The highest BCUT2D eigenvalue weighted by molar-refractivity contribution is 6.19. The number of aryl methyl sites for hydroxylation is 1. The van der Waals surface area contributed by atoms with E-state index in [-0.39, 0.29) is 0 Å². The second-order valence-corrected chi connectivity index (χ2v) is 14.5. The number of hydrogen-bond donors (Lipinski definition) is 0. The maximum absolute atomic E-state index is 6.65. The minimum atomic E-state index is 0.865. The van der Waals surface area contributed by atoms with Gasteiger partial charge in [0.1, 0.15) is 11.2 Å². The molecule has 0 amide bonds. The number of anilines is 5. The second-order valence-electron chi connectivity index (χ2n) is 14.5. The first-order valence-electron chi connectivity index (χ1n) is 19.1. The van der Waals surface area contributed by atoms with Gasteiger partial charge in [0.05, 0.1) is 17.1 Å². The predicted molar refractivity (Wildman–Crippen MR) is 235 cm³/mol. The summed E-state index contributed by atoms with van der Waals surface area (Å²) in [5.74, 6) is 0. The van der Waals surface area contributed by atoms with E-state index in [2.05, 4.69) is 181 Å². The second kappa shape index (κ2) is 12.6. The van der Waals surface area contributed by atoms with Crippen LogP contribution in [0, 0.1) is 6.92 Å². The van der Waals surface area contributed by atoms with Crippen LogP contribution in [0.25, 0.3) is 71.1 Å². The SMILES string of the molecule is C/C(=c1/ccc2ccc(N(c3ccccc3)c3cccc4c3oc3ccccc34)c3ccc(C)c1c23)N(c1ccccc1)c1cccc2c1oc1ccccc12. The zero-order chi connectivity index (χ0) is 37.3. The van der Waals surface area contributed by atoms with Crippen LogP contribution < -0.4 is 15.0 Å². The summed E-state index contributed by atoms with van der Waals surface area (Å²) in [5, 5.41) is 10.4. The van der Waals surface area contributed by atoms with E-state index in [0.29, 0.717) is 0 Å². The van der Waals surface area contributed by atoms with Gasteiger partial charge >= 0.3 is 0 Å². The van der Waals surface area contributed by atoms with Crippen LogP contribution >= 0.6 is 0 Å². The van der Waals surface area contributed by atoms with Gasteiger partial charge in [-0.15, -0.1) is 0 Å². The third kappa shape index (κ3) is 4.86. The van der Waals surface area contributed by atoms with E-state index in [9.17, 15) is 0 Å². The third-order valence-electron chi connectivity index (χ3n) is 11.3. The molecule has 4 heteroatoms. The Morgan fingerprint density at radius 2 is 0.964 bits per heavy atom. The molecule has 11 aromatic rings. The maximum Gasteiger partial charge on any atom is 0.159 e. The van der Waals surface area contributed by atoms with Crippen molar-refractivity contribution >= 4 is 99.6 Å². The van der Waals surface area contributed by atoms with Gasteiger partial charge in [0.2, 0.25) is 0 Å². The number of nitrogens with zero attached hydrogens (tertiary/aromatic N) is 2. The Balaban J connectivity index is 1.20. The van der Waals surface area contributed by atoms with Crippen LogP contribution in [0.15, 0.2) is 191 Å². The van der Waals surface area contributed by atoms with Crippen LogP contribution in [-0.2, 0) is 0 Å². The third-order valence-corrected chi connectivity index (χ3v) is 11.3. The summed E-state index contributed by atoms with van der Waals surface area (Å²) in [7, 11) is 0. The Morgan fingerprint density at radius 1 is 0.411 bits per heavy atom. The molecule has 0 N–H and O–H groups in total. The first-order valence-corrected chi connectivity index (χ1v) is 19.1. The smallest absolute Gasteiger partial charge is 0.159 e. The molecule has 9 aromatic carbocycles. The monoisotopic (exact) mass is 720 g/mol. The number of para-hydroxylation sites is 6. The molecule has 2 aromatic heterocycles. The number of furan rings is 2. The zero-order valence-corrected chi connectivity index (χ0v) is 31.0. The fourth-order valence-corrected chi connectivity index (χ4v) is 8.81. The van der Waals surface area contributed by atoms with Crippen molar-refractivity contribution in [3.8, 4) is 0 Å². The summed E-state index contributed by atoms with van der Waals surface area (Å²) < 4.78 is 13.3. The van der Waals surface area contributed by atoms with E-state index in [1.165, 1.54) is 32.3 Å². The van der Waals surface area contributed by atoms with Gasteiger partial charge in [-0.2, -0.15) is 0 Å². The topological polar surface area (TPSA) is 32.8 Å². The van der Waals surface area contributed by atoms with Crippen LogP contribution in [0.1, 0.15) is 12.5 Å². The molecule has 0 spiro atoms. The Kier molecular flexibility index (Phi) is 7.26. The van der Waals surface area contributed by atoms with Crippen molar-refractivity contribution in [2.75, 3.05) is 9.80 Å². The van der Waals surface area contributed by atoms with Crippen molar-refractivity contribution in [1.82, 2.24) is 0 Å². The molecule has 2 heterocycles. The highest BCUT2D eigenvalue weighted by Crippen LogP contribution is 2.46. The fraction of sp³-hybridized carbons (Fsp3) is 0.0385. The molecule has 0 aliphatic carbocycles. The van der Waals surface area contributed by atoms with E-state index < -0.39 is 0 Å². The van der Waals surface area contributed by atoms with Crippen molar-refractivity contribution in [3.05, 3.63) is 193 Å². The Labute approximate surface area is 323 Å². The molecule has 0 radical (unpaired) electrons. The van der Waals surface area contributed by atoms with Gasteiger partial charge < -0.3 is 18.6 Å². The number of fused-ring (bicyclic) bond motifs is 6. The molecule has 0 saturated heterocycles. The summed E-state index contributed by atoms with van der Waals surface area (Å²) in [6.07, 6.45) is 0. The molecule has 0 fully saturated rings. The van der Waals surface area contributed by atoms with Gasteiger partial charge in [-0.1, -0.05) is 127 Å². The molecule has 0 unspecified atom stereocenters. The first-order chi connectivity index (χ1) is 27.6. The average Bonchev–Trinajstić information content (AvgIpc) is 3.83. The van der Waals surface area contributed by atoms with Crippen molar-refractivity contribution < 1.29 is 8.83 Å². The van der Waals surface area contributed by atoms with Crippen molar-refractivity contribution in [2.45, 2.75) is 13.8 Å². The van der Waals surface area contributed by atoms with E-state index >= 15 is 0 Å². The van der Waals surface area contributed by atoms with E-state index in [0.717, 1.165) is 78.0 Å². The highest BCUT2D eigenvalue weighted by Gasteiger charge is 2.24. The summed E-state index contributed by atoms with van der Waals surface area (Å²) in [4.78, 5) is 4.71. The van der Waals surface area contributed by atoms with Gasteiger partial charge in [0.15, 0.2) is 11.2 Å². The molecule has 4 nitrogen and oxygen atoms in total. The van der Waals surface area contributed by atoms with E-state index in [4.69, 9.17) is 8.83 Å². The molecule has 11 rings (SSSR count). The van der Waals surface area contributed by atoms with E-state index in [1.807, 2.05) is 24.3 Å². The summed E-state index contributed by atoms with van der Waals surface area (Å²) >= 11 is 0. The number of hydrogen-bond acceptors (Lipinski definition) is 4. The summed E-state index contributed by atoms with van der Waals surface area (Å²) in [5.41, 5.74) is 11.0. The summed E-state index contributed by atoms with van der Waals surface area (Å²) in [6.45, 7) is 4.47. The minimum absolute atomic E-state index is 0.865. The molecular weight excluding hydrogens is 685 g/mol. The van der Waals surface area contributed by atoms with Crippen LogP contribution in [0.5, 0.6) is 0 Å². The van der Waals surface area contributed by atoms with Gasteiger partial charge in [-0.05, 0) is 90.2 Å².